The molecule has 0 saturated carbocycles. The molecule has 7 heteroatoms. The van der Waals surface area contributed by atoms with Crippen molar-refractivity contribution >= 4 is 23.1 Å². The number of carbonyl (C=O) groups excluding carboxylic acids is 1. The number of anilines is 3. The third kappa shape index (κ3) is 4.72. The standard InChI is InChI=1S/C20H20N4O3/c1-3-27-18-7-5-4-6-16(18)24-19-12-17(21-13-22-19)20(25)23-14-8-10-15(26-2)11-9-14/h4-13H,3H2,1-2H3,(H,23,25)(H,21,22,24). The number of methoxy groups -OCH3 is 1. The molecule has 1 aromatic heterocycles. The van der Waals surface area contributed by atoms with Gasteiger partial charge in [-0.25, -0.2) is 9.97 Å². The van der Waals surface area contributed by atoms with Crippen molar-refractivity contribution in [3.8, 4) is 11.5 Å². The number of hydrogen-bond acceptors (Lipinski definition) is 6. The molecule has 0 bridgehead atoms. The van der Waals surface area contributed by atoms with E-state index in [1.807, 2.05) is 31.2 Å². The molecule has 0 unspecified atom stereocenters. The first-order valence-electron chi connectivity index (χ1n) is 8.46. The molecule has 7 nitrogen and oxygen atoms in total. The Morgan fingerprint density at radius 1 is 1.07 bits per heavy atom. The molecule has 3 aromatic rings. The molecule has 1 heterocycles. The zero-order valence-corrected chi connectivity index (χ0v) is 15.1. The summed E-state index contributed by atoms with van der Waals surface area (Å²) in [6, 6.07) is 16.2. The predicted octanol–water partition coefficient (Wildman–Crippen LogP) is 3.88. The third-order valence-electron chi connectivity index (χ3n) is 3.70. The van der Waals surface area contributed by atoms with Crippen LogP contribution in [0.4, 0.5) is 17.2 Å². The molecule has 27 heavy (non-hydrogen) atoms. The summed E-state index contributed by atoms with van der Waals surface area (Å²) >= 11 is 0. The molecule has 0 radical (unpaired) electrons. The van der Waals surface area contributed by atoms with Crippen molar-refractivity contribution in [3.05, 3.63) is 66.6 Å². The summed E-state index contributed by atoms with van der Waals surface area (Å²) in [6.07, 6.45) is 1.34. The Morgan fingerprint density at radius 3 is 2.59 bits per heavy atom. The van der Waals surface area contributed by atoms with E-state index in [0.29, 0.717) is 23.9 Å². The van der Waals surface area contributed by atoms with Gasteiger partial charge in [0.05, 0.1) is 19.4 Å². The van der Waals surface area contributed by atoms with Crippen molar-refractivity contribution in [2.75, 3.05) is 24.4 Å². The first-order valence-corrected chi connectivity index (χ1v) is 8.46. The van der Waals surface area contributed by atoms with Crippen LogP contribution in [0.1, 0.15) is 17.4 Å². The summed E-state index contributed by atoms with van der Waals surface area (Å²) in [5.41, 5.74) is 1.66. The highest BCUT2D eigenvalue weighted by atomic mass is 16.5. The zero-order valence-electron chi connectivity index (χ0n) is 15.1. The molecule has 0 aliphatic carbocycles. The fraction of sp³-hybridized carbons (Fsp3) is 0.150. The number of benzene rings is 2. The molecule has 0 atom stereocenters. The SMILES string of the molecule is CCOc1ccccc1Nc1cc(C(=O)Nc2ccc(OC)cc2)ncn1. The molecule has 0 aliphatic heterocycles. The lowest BCUT2D eigenvalue weighted by atomic mass is 10.2. The van der Waals surface area contributed by atoms with E-state index in [4.69, 9.17) is 9.47 Å². The monoisotopic (exact) mass is 364 g/mol. The maximum absolute atomic E-state index is 12.5. The summed E-state index contributed by atoms with van der Waals surface area (Å²) in [6.45, 7) is 2.47. The topological polar surface area (TPSA) is 85.4 Å². The Hall–Kier alpha value is -3.61. The number of hydrogen-bond donors (Lipinski definition) is 2. The van der Waals surface area contributed by atoms with E-state index in [-0.39, 0.29) is 11.6 Å². The van der Waals surface area contributed by atoms with E-state index < -0.39 is 0 Å². The smallest absolute Gasteiger partial charge is 0.274 e. The fourth-order valence-corrected chi connectivity index (χ4v) is 2.41. The van der Waals surface area contributed by atoms with Gasteiger partial charge in [-0.3, -0.25) is 4.79 Å². The van der Waals surface area contributed by atoms with E-state index in [0.717, 1.165) is 11.4 Å². The second kappa shape index (κ2) is 8.66. The number of amides is 1. The molecule has 2 N–H and O–H groups in total. The molecular weight excluding hydrogens is 344 g/mol. The number of para-hydroxylation sites is 2. The predicted molar refractivity (Wildman–Crippen MR) is 104 cm³/mol. The Labute approximate surface area is 157 Å². The van der Waals surface area contributed by atoms with Crippen LogP contribution in [0.3, 0.4) is 0 Å². The van der Waals surface area contributed by atoms with Crippen molar-refractivity contribution in [3.63, 3.8) is 0 Å². The lowest BCUT2D eigenvalue weighted by Gasteiger charge is -2.12. The molecule has 3 rings (SSSR count). The minimum absolute atomic E-state index is 0.247. The van der Waals surface area contributed by atoms with E-state index >= 15 is 0 Å². The fourth-order valence-electron chi connectivity index (χ4n) is 2.41. The van der Waals surface area contributed by atoms with Gasteiger partial charge in [-0.05, 0) is 43.3 Å². The van der Waals surface area contributed by atoms with Gasteiger partial charge in [0.1, 0.15) is 29.3 Å². The number of nitrogens with zero attached hydrogens (tertiary/aromatic N) is 2. The Balaban J connectivity index is 1.74. The molecule has 1 amide bonds. The quantitative estimate of drug-likeness (QED) is 0.662. The minimum Gasteiger partial charge on any atom is -0.497 e. The third-order valence-corrected chi connectivity index (χ3v) is 3.70. The van der Waals surface area contributed by atoms with Crippen molar-refractivity contribution in [1.29, 1.82) is 0 Å². The van der Waals surface area contributed by atoms with Gasteiger partial charge in [-0.15, -0.1) is 0 Å². The first kappa shape index (κ1) is 18.2. The van der Waals surface area contributed by atoms with Crippen molar-refractivity contribution < 1.29 is 14.3 Å². The van der Waals surface area contributed by atoms with E-state index in [2.05, 4.69) is 20.6 Å². The minimum atomic E-state index is -0.330. The molecule has 0 spiro atoms. The highest BCUT2D eigenvalue weighted by Gasteiger charge is 2.11. The summed E-state index contributed by atoms with van der Waals surface area (Å²) in [4.78, 5) is 20.7. The van der Waals surface area contributed by atoms with Crippen molar-refractivity contribution in [2.24, 2.45) is 0 Å². The van der Waals surface area contributed by atoms with Crippen LogP contribution in [0.25, 0.3) is 0 Å². The van der Waals surface area contributed by atoms with Crippen LogP contribution >= 0.6 is 0 Å². The number of nitrogens with one attached hydrogen (secondary N) is 2. The van der Waals surface area contributed by atoms with Crippen LogP contribution in [-0.2, 0) is 0 Å². The van der Waals surface area contributed by atoms with Crippen LogP contribution in [0.2, 0.25) is 0 Å². The maximum atomic E-state index is 12.5. The average molecular weight is 364 g/mol. The molecule has 0 fully saturated rings. The van der Waals surface area contributed by atoms with Crippen LogP contribution in [0.15, 0.2) is 60.9 Å². The van der Waals surface area contributed by atoms with Crippen LogP contribution < -0.4 is 20.1 Å². The van der Waals surface area contributed by atoms with E-state index in [1.54, 1.807) is 37.4 Å². The first-order chi connectivity index (χ1) is 13.2. The van der Waals surface area contributed by atoms with Gasteiger partial charge in [0.2, 0.25) is 0 Å². The number of rotatable bonds is 7. The molecule has 138 valence electrons. The normalized spacial score (nSPS) is 10.1. The average Bonchev–Trinajstić information content (AvgIpc) is 2.70. The van der Waals surface area contributed by atoms with Crippen molar-refractivity contribution in [2.45, 2.75) is 6.92 Å². The summed E-state index contributed by atoms with van der Waals surface area (Å²) in [5, 5.41) is 5.95. The van der Waals surface area contributed by atoms with Gasteiger partial charge < -0.3 is 20.1 Å². The second-order valence-electron chi connectivity index (χ2n) is 5.53. The van der Waals surface area contributed by atoms with E-state index in [1.165, 1.54) is 6.33 Å². The summed E-state index contributed by atoms with van der Waals surface area (Å²) < 4.78 is 10.7. The summed E-state index contributed by atoms with van der Waals surface area (Å²) in [5.74, 6) is 1.60. The van der Waals surface area contributed by atoms with Gasteiger partial charge in [0.25, 0.3) is 5.91 Å². The Morgan fingerprint density at radius 2 is 1.85 bits per heavy atom. The van der Waals surface area contributed by atoms with Gasteiger partial charge in [-0.2, -0.15) is 0 Å². The number of aromatic nitrogens is 2. The van der Waals surface area contributed by atoms with Crippen molar-refractivity contribution in [1.82, 2.24) is 9.97 Å². The van der Waals surface area contributed by atoms with Gasteiger partial charge in [0.15, 0.2) is 0 Å². The highest BCUT2D eigenvalue weighted by Crippen LogP contribution is 2.26. The lowest BCUT2D eigenvalue weighted by Crippen LogP contribution is -2.14. The number of ether oxygens (including phenoxy) is 2. The van der Waals surface area contributed by atoms with E-state index in [9.17, 15) is 4.79 Å². The largest absolute Gasteiger partial charge is 0.497 e. The van der Waals surface area contributed by atoms with Crippen LogP contribution in [-0.4, -0.2) is 29.6 Å². The molecule has 2 aromatic carbocycles. The highest BCUT2D eigenvalue weighted by molar-refractivity contribution is 6.03. The second-order valence-corrected chi connectivity index (χ2v) is 5.53. The Bertz CT molecular complexity index is 913. The van der Waals surface area contributed by atoms with Crippen LogP contribution in [0, 0.1) is 0 Å². The van der Waals surface area contributed by atoms with Gasteiger partial charge in [-0.1, -0.05) is 12.1 Å². The van der Waals surface area contributed by atoms with Gasteiger partial charge in [0, 0.05) is 11.8 Å². The molecule has 0 saturated heterocycles. The zero-order chi connectivity index (χ0) is 19.1. The Kier molecular flexibility index (Phi) is 5.84. The molecule has 0 aliphatic rings. The number of carbonyl (C=O) groups is 1. The molecular formula is C20H20N4O3. The van der Waals surface area contributed by atoms with Gasteiger partial charge >= 0.3 is 0 Å². The maximum Gasteiger partial charge on any atom is 0.274 e. The van der Waals surface area contributed by atoms with Crippen LogP contribution in [0.5, 0.6) is 11.5 Å². The summed E-state index contributed by atoms with van der Waals surface area (Å²) in [7, 11) is 1.59. The lowest BCUT2D eigenvalue weighted by molar-refractivity contribution is 0.102.